The first-order valence-corrected chi connectivity index (χ1v) is 8.89. The van der Waals surface area contributed by atoms with Crippen LogP contribution in [0.5, 0.6) is 0 Å². The van der Waals surface area contributed by atoms with E-state index in [1.807, 2.05) is 23.6 Å². The van der Waals surface area contributed by atoms with Crippen LogP contribution in [0, 0.1) is 0 Å². The van der Waals surface area contributed by atoms with Crippen molar-refractivity contribution in [2.24, 2.45) is 0 Å². The van der Waals surface area contributed by atoms with E-state index in [-0.39, 0.29) is 5.91 Å². The molecular weight excluding hydrogens is 304 g/mol. The van der Waals surface area contributed by atoms with Gasteiger partial charge in [-0.1, -0.05) is 62.2 Å². The van der Waals surface area contributed by atoms with Crippen molar-refractivity contribution in [2.75, 3.05) is 5.32 Å². The molecule has 3 aromatic rings. The summed E-state index contributed by atoms with van der Waals surface area (Å²) in [4.78, 5) is 16.5. The molecule has 0 spiro atoms. The average Bonchev–Trinajstić information content (AvgIpc) is 3.03. The minimum absolute atomic E-state index is 0.0530. The molecule has 3 nitrogen and oxygen atoms in total. The summed E-state index contributed by atoms with van der Waals surface area (Å²) in [6, 6.07) is 14.5. The van der Waals surface area contributed by atoms with E-state index in [4.69, 9.17) is 0 Å². The van der Waals surface area contributed by atoms with Crippen molar-refractivity contribution < 1.29 is 4.79 Å². The second kappa shape index (κ2) is 7.38. The van der Waals surface area contributed by atoms with E-state index in [0.717, 1.165) is 30.5 Å². The Morgan fingerprint density at radius 2 is 1.96 bits per heavy atom. The summed E-state index contributed by atoms with van der Waals surface area (Å²) in [6.45, 7) is 2.13. The third kappa shape index (κ3) is 3.77. The summed E-state index contributed by atoms with van der Waals surface area (Å²) in [5, 5.41) is 7.97. The van der Waals surface area contributed by atoms with E-state index in [2.05, 4.69) is 41.5 Å². The van der Waals surface area contributed by atoms with Gasteiger partial charge in [-0.25, -0.2) is 4.98 Å². The van der Waals surface area contributed by atoms with Gasteiger partial charge < -0.3 is 5.32 Å². The molecular formula is C19H20N2OS. The summed E-state index contributed by atoms with van der Waals surface area (Å²) in [5.41, 5.74) is 2.02. The third-order valence-electron chi connectivity index (χ3n) is 3.82. The van der Waals surface area contributed by atoms with Gasteiger partial charge in [-0.15, -0.1) is 11.3 Å². The zero-order valence-corrected chi connectivity index (χ0v) is 14.0. The lowest BCUT2D eigenvalue weighted by Crippen LogP contribution is -2.10. The fourth-order valence-electron chi connectivity index (χ4n) is 2.62. The van der Waals surface area contributed by atoms with Crippen LogP contribution in [0.15, 0.2) is 47.8 Å². The molecule has 0 saturated carbocycles. The molecule has 0 aliphatic heterocycles. The zero-order valence-electron chi connectivity index (χ0n) is 13.2. The summed E-state index contributed by atoms with van der Waals surface area (Å²) < 4.78 is 0. The van der Waals surface area contributed by atoms with Gasteiger partial charge >= 0.3 is 0 Å². The zero-order chi connectivity index (χ0) is 16.1. The van der Waals surface area contributed by atoms with Gasteiger partial charge in [-0.2, -0.15) is 0 Å². The number of amides is 1. The van der Waals surface area contributed by atoms with Crippen LogP contribution >= 0.6 is 11.3 Å². The first-order valence-electron chi connectivity index (χ1n) is 8.01. The van der Waals surface area contributed by atoms with Crippen molar-refractivity contribution in [3.05, 3.63) is 47.8 Å². The Morgan fingerprint density at radius 3 is 2.83 bits per heavy atom. The van der Waals surface area contributed by atoms with Crippen LogP contribution in [-0.4, -0.2) is 10.9 Å². The number of benzene rings is 2. The Kier molecular flexibility index (Phi) is 5.03. The molecule has 118 valence electrons. The molecule has 0 atom stereocenters. The van der Waals surface area contributed by atoms with Crippen LogP contribution in [0.2, 0.25) is 0 Å². The maximum Gasteiger partial charge on any atom is 0.226 e. The number of aromatic nitrogens is 1. The molecule has 1 amide bonds. The first-order chi connectivity index (χ1) is 11.3. The Labute approximate surface area is 140 Å². The number of fused-ring (bicyclic) bond motifs is 1. The van der Waals surface area contributed by atoms with Crippen molar-refractivity contribution in [1.82, 2.24) is 4.98 Å². The minimum atomic E-state index is 0.0530. The van der Waals surface area contributed by atoms with Crippen LogP contribution in [0.3, 0.4) is 0 Å². The third-order valence-corrected chi connectivity index (χ3v) is 4.58. The summed E-state index contributed by atoms with van der Waals surface area (Å²) in [7, 11) is 0. The number of carbonyl (C=O) groups excluding carboxylic acids is 1. The van der Waals surface area contributed by atoms with E-state index >= 15 is 0 Å². The lowest BCUT2D eigenvalue weighted by molar-refractivity contribution is -0.116. The van der Waals surface area contributed by atoms with Crippen molar-refractivity contribution in [3.8, 4) is 11.3 Å². The van der Waals surface area contributed by atoms with Gasteiger partial charge in [0, 0.05) is 17.4 Å². The maximum absolute atomic E-state index is 11.9. The molecule has 0 radical (unpaired) electrons. The normalized spacial score (nSPS) is 10.8. The van der Waals surface area contributed by atoms with Crippen LogP contribution in [-0.2, 0) is 4.79 Å². The molecule has 0 saturated heterocycles. The predicted octanol–water partition coefficient (Wildman–Crippen LogP) is 5.48. The molecule has 1 heterocycles. The lowest BCUT2D eigenvalue weighted by atomic mass is 10.0. The number of nitrogens with zero attached hydrogens (tertiary/aromatic N) is 1. The minimum Gasteiger partial charge on any atom is -0.302 e. The molecule has 0 unspecified atom stereocenters. The molecule has 1 N–H and O–H groups in total. The summed E-state index contributed by atoms with van der Waals surface area (Å²) >= 11 is 1.48. The number of hydrogen-bond donors (Lipinski definition) is 1. The van der Waals surface area contributed by atoms with E-state index in [0.29, 0.717) is 11.6 Å². The summed E-state index contributed by atoms with van der Waals surface area (Å²) in [5.74, 6) is 0.0530. The van der Waals surface area contributed by atoms with Gasteiger partial charge in [-0.05, 0) is 17.2 Å². The fourth-order valence-corrected chi connectivity index (χ4v) is 3.35. The molecule has 0 aliphatic carbocycles. The SMILES string of the molecule is CCCCCC(=O)Nc1nc(-c2cccc3ccccc23)cs1. The molecule has 0 fully saturated rings. The van der Waals surface area contributed by atoms with Gasteiger partial charge in [0.25, 0.3) is 0 Å². The van der Waals surface area contributed by atoms with Crippen molar-refractivity contribution in [2.45, 2.75) is 32.6 Å². The Bertz CT molecular complexity index is 804. The van der Waals surface area contributed by atoms with Crippen LogP contribution < -0.4 is 5.32 Å². The standard InChI is InChI=1S/C19H20N2OS/c1-2-3-4-12-18(22)21-19-20-17(13-23-19)16-11-7-9-14-8-5-6-10-15(14)16/h5-11,13H,2-4,12H2,1H3,(H,20,21,22). The van der Waals surface area contributed by atoms with E-state index in [1.54, 1.807) is 0 Å². The second-order valence-corrected chi connectivity index (χ2v) is 6.43. The van der Waals surface area contributed by atoms with Gasteiger partial charge in [0.05, 0.1) is 5.69 Å². The van der Waals surface area contributed by atoms with Gasteiger partial charge in [0.15, 0.2) is 5.13 Å². The molecule has 3 rings (SSSR count). The van der Waals surface area contributed by atoms with Crippen LogP contribution in [0.25, 0.3) is 22.0 Å². The van der Waals surface area contributed by atoms with Crippen molar-refractivity contribution >= 4 is 33.1 Å². The highest BCUT2D eigenvalue weighted by molar-refractivity contribution is 7.14. The van der Waals surface area contributed by atoms with Gasteiger partial charge in [0.2, 0.25) is 5.91 Å². The number of carbonyl (C=O) groups is 1. The largest absolute Gasteiger partial charge is 0.302 e. The average molecular weight is 324 g/mol. The number of unbranched alkanes of at least 4 members (excludes halogenated alkanes) is 2. The van der Waals surface area contributed by atoms with Gasteiger partial charge in [0.1, 0.15) is 0 Å². The van der Waals surface area contributed by atoms with E-state index in [9.17, 15) is 4.79 Å². The number of rotatable bonds is 6. The Balaban J connectivity index is 1.77. The second-order valence-electron chi connectivity index (χ2n) is 5.57. The van der Waals surface area contributed by atoms with Crippen molar-refractivity contribution in [3.63, 3.8) is 0 Å². The number of thiazole rings is 1. The predicted molar refractivity (Wildman–Crippen MR) is 97.8 cm³/mol. The summed E-state index contributed by atoms with van der Waals surface area (Å²) in [6.07, 6.45) is 3.71. The Hall–Kier alpha value is -2.20. The molecule has 0 bridgehead atoms. The number of hydrogen-bond acceptors (Lipinski definition) is 3. The topological polar surface area (TPSA) is 42.0 Å². The Morgan fingerprint density at radius 1 is 1.13 bits per heavy atom. The molecule has 2 aromatic carbocycles. The molecule has 1 aromatic heterocycles. The number of anilines is 1. The van der Waals surface area contributed by atoms with Crippen molar-refractivity contribution in [1.29, 1.82) is 0 Å². The first kappa shape index (κ1) is 15.7. The van der Waals surface area contributed by atoms with Crippen LogP contribution in [0.1, 0.15) is 32.6 Å². The molecule has 23 heavy (non-hydrogen) atoms. The van der Waals surface area contributed by atoms with Gasteiger partial charge in [-0.3, -0.25) is 4.79 Å². The van der Waals surface area contributed by atoms with Crippen LogP contribution in [0.4, 0.5) is 5.13 Å². The highest BCUT2D eigenvalue weighted by atomic mass is 32.1. The quantitative estimate of drug-likeness (QED) is 0.610. The monoisotopic (exact) mass is 324 g/mol. The maximum atomic E-state index is 11.9. The number of nitrogens with one attached hydrogen (secondary N) is 1. The molecule has 0 aliphatic rings. The lowest BCUT2D eigenvalue weighted by Gasteiger charge is -2.04. The smallest absolute Gasteiger partial charge is 0.226 e. The van der Waals surface area contributed by atoms with E-state index < -0.39 is 0 Å². The highest BCUT2D eigenvalue weighted by Crippen LogP contribution is 2.30. The van der Waals surface area contributed by atoms with E-state index in [1.165, 1.54) is 22.1 Å². The highest BCUT2D eigenvalue weighted by Gasteiger charge is 2.10. The molecule has 4 heteroatoms. The fraction of sp³-hybridized carbons (Fsp3) is 0.263.